The highest BCUT2D eigenvalue weighted by atomic mass is 127. The Morgan fingerprint density at radius 1 is 1.50 bits per heavy atom. The number of nitrogens with zero attached hydrogens (tertiary/aromatic N) is 1. The maximum absolute atomic E-state index is 12.4. The highest BCUT2D eigenvalue weighted by molar-refractivity contribution is 14.1. The molecule has 0 saturated carbocycles. The van der Waals surface area contributed by atoms with Crippen LogP contribution in [0.3, 0.4) is 0 Å². The van der Waals surface area contributed by atoms with Crippen molar-refractivity contribution in [2.75, 3.05) is 19.1 Å². The van der Waals surface area contributed by atoms with Crippen LogP contribution in [0, 0.1) is 3.57 Å². The molecule has 0 radical (unpaired) electrons. The lowest BCUT2D eigenvalue weighted by atomic mass is 9.81. The average Bonchev–Trinajstić information content (AvgIpc) is 2.52. The summed E-state index contributed by atoms with van der Waals surface area (Å²) in [6.07, 6.45) is 0.0692. The number of likely N-dealkylation sites (N-methyl/N-ethyl adjacent to an activating group) is 1. The third-order valence-electron chi connectivity index (χ3n) is 3.42. The highest BCUT2D eigenvalue weighted by Gasteiger charge is 2.47. The zero-order chi connectivity index (χ0) is 13.5. The summed E-state index contributed by atoms with van der Waals surface area (Å²) < 4.78 is 5.74. The van der Waals surface area contributed by atoms with Crippen LogP contribution < -0.4 is 4.90 Å². The molecule has 1 amide bonds. The van der Waals surface area contributed by atoms with Crippen LogP contribution in [0.2, 0.25) is 0 Å². The Bertz CT molecular complexity index is 529. The Morgan fingerprint density at radius 3 is 2.78 bits per heavy atom. The number of ether oxygens (including phenoxy) is 1. The number of carbonyl (C=O) groups excluding carboxylic acids is 2. The summed E-state index contributed by atoms with van der Waals surface area (Å²) >= 11 is 2.20. The van der Waals surface area contributed by atoms with Gasteiger partial charge in [-0.3, -0.25) is 9.59 Å². The number of fused-ring (bicyclic) bond motifs is 1. The molecule has 1 aliphatic rings. The molecule has 1 atom stereocenters. The fourth-order valence-corrected chi connectivity index (χ4v) is 2.86. The summed E-state index contributed by atoms with van der Waals surface area (Å²) in [5.74, 6) is -0.434. The zero-order valence-electron chi connectivity index (χ0n) is 10.5. The third kappa shape index (κ3) is 1.90. The van der Waals surface area contributed by atoms with Crippen LogP contribution >= 0.6 is 22.6 Å². The van der Waals surface area contributed by atoms with Crippen LogP contribution in [0.15, 0.2) is 18.2 Å². The first kappa shape index (κ1) is 13.3. The van der Waals surface area contributed by atoms with Crippen molar-refractivity contribution in [3.63, 3.8) is 0 Å². The van der Waals surface area contributed by atoms with Gasteiger partial charge in [0.05, 0.1) is 18.9 Å². The van der Waals surface area contributed by atoms with Gasteiger partial charge in [0.15, 0.2) is 0 Å². The van der Waals surface area contributed by atoms with Crippen molar-refractivity contribution in [2.24, 2.45) is 0 Å². The number of hydrogen-bond acceptors (Lipinski definition) is 3. The molecule has 1 aromatic carbocycles. The Balaban J connectivity index is 2.53. The maximum Gasteiger partial charge on any atom is 0.306 e. The second-order valence-corrected chi connectivity index (χ2v) is 5.86. The van der Waals surface area contributed by atoms with Crippen LogP contribution in [0.1, 0.15) is 18.9 Å². The van der Waals surface area contributed by atoms with E-state index >= 15 is 0 Å². The smallest absolute Gasteiger partial charge is 0.306 e. The van der Waals surface area contributed by atoms with Gasteiger partial charge in [-0.05, 0) is 53.3 Å². The molecule has 1 heterocycles. The van der Waals surface area contributed by atoms with Gasteiger partial charge >= 0.3 is 5.97 Å². The number of carbonyl (C=O) groups is 2. The largest absolute Gasteiger partial charge is 0.469 e. The summed E-state index contributed by atoms with van der Waals surface area (Å²) in [5.41, 5.74) is 0.942. The summed E-state index contributed by atoms with van der Waals surface area (Å²) in [5, 5.41) is 0. The van der Waals surface area contributed by atoms with E-state index in [0.29, 0.717) is 0 Å². The number of hydrogen-bond donors (Lipinski definition) is 0. The standard InChI is InChI=1S/C13H14INO3/c1-13(7-11(16)18-3)9-6-8(14)4-5-10(9)15(2)12(13)17/h4-6H,7H2,1-3H3. The van der Waals surface area contributed by atoms with Crippen LogP contribution in [0.5, 0.6) is 0 Å². The minimum Gasteiger partial charge on any atom is -0.469 e. The molecule has 2 rings (SSSR count). The van der Waals surface area contributed by atoms with Crippen molar-refractivity contribution in [1.29, 1.82) is 0 Å². The van der Waals surface area contributed by atoms with Gasteiger partial charge in [-0.2, -0.15) is 0 Å². The third-order valence-corrected chi connectivity index (χ3v) is 4.09. The lowest BCUT2D eigenvalue weighted by Crippen LogP contribution is -2.38. The summed E-state index contributed by atoms with van der Waals surface area (Å²) in [6, 6.07) is 5.82. The normalized spacial score (nSPS) is 22.0. The highest BCUT2D eigenvalue weighted by Crippen LogP contribution is 2.43. The molecule has 0 saturated heterocycles. The second kappa shape index (κ2) is 4.53. The van der Waals surface area contributed by atoms with E-state index < -0.39 is 5.41 Å². The molecule has 0 aromatic heterocycles. The van der Waals surface area contributed by atoms with E-state index in [1.165, 1.54) is 7.11 Å². The first-order chi connectivity index (χ1) is 8.40. The van der Waals surface area contributed by atoms with Gasteiger partial charge in [0.2, 0.25) is 5.91 Å². The van der Waals surface area contributed by atoms with Crippen LogP contribution in [-0.4, -0.2) is 26.0 Å². The van der Waals surface area contributed by atoms with E-state index in [-0.39, 0.29) is 18.3 Å². The molecule has 1 unspecified atom stereocenters. The molecule has 1 aromatic rings. The Morgan fingerprint density at radius 2 is 2.17 bits per heavy atom. The van der Waals surface area contributed by atoms with Crippen molar-refractivity contribution < 1.29 is 14.3 Å². The number of esters is 1. The van der Waals surface area contributed by atoms with Gasteiger partial charge < -0.3 is 9.64 Å². The predicted molar refractivity (Wildman–Crippen MR) is 76.6 cm³/mol. The predicted octanol–water partition coefficient (Wildman–Crippen LogP) is 2.09. The monoisotopic (exact) mass is 359 g/mol. The molecule has 0 aliphatic carbocycles. The molecule has 0 N–H and O–H groups in total. The topological polar surface area (TPSA) is 46.6 Å². The number of anilines is 1. The summed E-state index contributed by atoms with van der Waals surface area (Å²) in [4.78, 5) is 25.5. The van der Waals surface area contributed by atoms with E-state index in [9.17, 15) is 9.59 Å². The van der Waals surface area contributed by atoms with Crippen LogP contribution in [0.25, 0.3) is 0 Å². The first-order valence-electron chi connectivity index (χ1n) is 5.55. The van der Waals surface area contributed by atoms with Crippen molar-refractivity contribution >= 4 is 40.2 Å². The SMILES string of the molecule is COC(=O)CC1(C)C(=O)N(C)c2ccc(I)cc21. The Labute approximate surface area is 119 Å². The molecule has 0 fully saturated rings. The maximum atomic E-state index is 12.4. The molecule has 0 bridgehead atoms. The summed E-state index contributed by atoms with van der Waals surface area (Å²) in [6.45, 7) is 1.80. The van der Waals surface area contributed by atoms with Gasteiger partial charge in [-0.25, -0.2) is 0 Å². The number of halogens is 1. The van der Waals surface area contributed by atoms with Gasteiger partial charge in [-0.1, -0.05) is 0 Å². The molecule has 4 nitrogen and oxygen atoms in total. The zero-order valence-corrected chi connectivity index (χ0v) is 12.6. The Hall–Kier alpha value is -1.11. The lowest BCUT2D eigenvalue weighted by Gasteiger charge is -2.21. The van der Waals surface area contributed by atoms with Crippen molar-refractivity contribution in [3.8, 4) is 0 Å². The number of benzene rings is 1. The van der Waals surface area contributed by atoms with E-state index in [0.717, 1.165) is 14.8 Å². The van der Waals surface area contributed by atoms with Crippen LogP contribution in [-0.2, 0) is 19.7 Å². The number of rotatable bonds is 2. The first-order valence-corrected chi connectivity index (χ1v) is 6.63. The van der Waals surface area contributed by atoms with Crippen molar-refractivity contribution in [3.05, 3.63) is 27.3 Å². The van der Waals surface area contributed by atoms with Crippen LogP contribution in [0.4, 0.5) is 5.69 Å². The molecule has 96 valence electrons. The van der Waals surface area contributed by atoms with Gasteiger partial charge in [0.1, 0.15) is 0 Å². The van der Waals surface area contributed by atoms with E-state index in [4.69, 9.17) is 4.74 Å². The quantitative estimate of drug-likeness (QED) is 0.600. The van der Waals surface area contributed by atoms with Gasteiger partial charge in [0.25, 0.3) is 0 Å². The van der Waals surface area contributed by atoms with E-state index in [1.807, 2.05) is 18.2 Å². The lowest BCUT2D eigenvalue weighted by molar-refractivity contribution is -0.144. The minimum absolute atomic E-state index is 0.0649. The Kier molecular flexibility index (Phi) is 3.35. The van der Waals surface area contributed by atoms with Crippen molar-refractivity contribution in [1.82, 2.24) is 0 Å². The molecule has 1 aliphatic heterocycles. The molecular weight excluding hydrogens is 345 g/mol. The molecule has 5 heteroatoms. The average molecular weight is 359 g/mol. The molecule has 18 heavy (non-hydrogen) atoms. The summed E-state index contributed by atoms with van der Waals surface area (Å²) in [7, 11) is 3.07. The van der Waals surface area contributed by atoms with Gasteiger partial charge in [-0.15, -0.1) is 0 Å². The molecular formula is C13H14INO3. The van der Waals surface area contributed by atoms with Gasteiger partial charge in [0, 0.05) is 16.3 Å². The van der Waals surface area contributed by atoms with E-state index in [1.54, 1.807) is 18.9 Å². The number of methoxy groups -OCH3 is 1. The van der Waals surface area contributed by atoms with Crippen molar-refractivity contribution in [2.45, 2.75) is 18.8 Å². The minimum atomic E-state index is -0.821. The number of amides is 1. The fourth-order valence-electron chi connectivity index (χ4n) is 2.37. The van der Waals surface area contributed by atoms with E-state index in [2.05, 4.69) is 22.6 Å². The molecule has 0 spiro atoms. The fraction of sp³-hybridized carbons (Fsp3) is 0.385. The second-order valence-electron chi connectivity index (χ2n) is 4.61.